The Labute approximate surface area is 285 Å². The fourth-order valence-electron chi connectivity index (χ4n) is 6.30. The number of methoxy groups -OCH3 is 5. The molecule has 3 heterocycles. The Morgan fingerprint density at radius 2 is 1.60 bits per heavy atom. The van der Waals surface area contributed by atoms with E-state index in [0.717, 1.165) is 6.26 Å². The van der Waals surface area contributed by atoms with Crippen molar-refractivity contribution in [2.75, 3.05) is 55.4 Å². The van der Waals surface area contributed by atoms with Crippen LogP contribution in [0.15, 0.2) is 33.7 Å². The van der Waals surface area contributed by atoms with Crippen LogP contribution in [0.5, 0.6) is 34.5 Å². The monoisotopic (exact) mass is 710 g/mol. The van der Waals surface area contributed by atoms with Crippen molar-refractivity contribution < 1.29 is 77.7 Å². The maximum atomic E-state index is 13.8. The Kier molecular flexibility index (Phi) is 11.3. The molecule has 0 bridgehead atoms. The van der Waals surface area contributed by atoms with Gasteiger partial charge in [-0.25, -0.2) is 0 Å². The van der Waals surface area contributed by atoms with Crippen LogP contribution in [0.25, 0.3) is 22.1 Å². The van der Waals surface area contributed by atoms with Crippen LogP contribution in [0.4, 0.5) is 0 Å². The van der Waals surface area contributed by atoms with Crippen LogP contribution in [-0.2, 0) is 18.9 Å². The second-order valence-electron chi connectivity index (χ2n) is 11.9. The number of fused-ring (bicyclic) bond motifs is 1. The van der Waals surface area contributed by atoms with Gasteiger partial charge in [0.25, 0.3) is 0 Å². The number of aromatic hydroxyl groups is 1. The van der Waals surface area contributed by atoms with Crippen LogP contribution < -0.4 is 29.1 Å². The number of hydrogen-bond donors (Lipinski definition) is 6. The van der Waals surface area contributed by atoms with Gasteiger partial charge in [-0.15, -0.1) is 0 Å². The summed E-state index contributed by atoms with van der Waals surface area (Å²) in [5.41, 5.74) is -2.21. The van der Waals surface area contributed by atoms with Gasteiger partial charge < -0.3 is 77.7 Å². The van der Waals surface area contributed by atoms with Crippen molar-refractivity contribution in [1.82, 2.24) is 0 Å². The fourth-order valence-corrected chi connectivity index (χ4v) is 6.30. The molecule has 1 aromatic heterocycles. The number of phenolic OH excluding ortho intramolecular Hbond substituents is 1. The summed E-state index contributed by atoms with van der Waals surface area (Å²) in [6.45, 7) is 0.109. The van der Waals surface area contributed by atoms with Crippen LogP contribution in [0, 0.1) is 5.92 Å². The van der Waals surface area contributed by atoms with Crippen LogP contribution in [0.1, 0.15) is 6.92 Å². The Morgan fingerprint density at radius 3 is 2.20 bits per heavy atom. The molecule has 3 aromatic rings. The molecule has 50 heavy (non-hydrogen) atoms. The first-order valence-electron chi connectivity index (χ1n) is 15.5. The normalized spacial score (nSPS) is 28.7. The van der Waals surface area contributed by atoms with Gasteiger partial charge in [0, 0.05) is 30.7 Å². The molecular formula is C33H42O17. The van der Waals surface area contributed by atoms with E-state index in [2.05, 4.69) is 0 Å². The van der Waals surface area contributed by atoms with E-state index in [4.69, 9.17) is 47.0 Å². The summed E-state index contributed by atoms with van der Waals surface area (Å²) in [4.78, 5) is 13.8. The van der Waals surface area contributed by atoms with Crippen molar-refractivity contribution in [3.8, 4) is 45.6 Å². The van der Waals surface area contributed by atoms with Crippen molar-refractivity contribution in [3.63, 3.8) is 0 Å². The molecule has 0 amide bonds. The van der Waals surface area contributed by atoms with Crippen molar-refractivity contribution >= 4 is 11.0 Å². The number of phenols is 1. The molecule has 276 valence electrons. The molecule has 17 nitrogen and oxygen atoms in total. The molecular weight excluding hydrogens is 668 g/mol. The Hall–Kier alpha value is -3.91. The zero-order valence-corrected chi connectivity index (χ0v) is 28.2. The van der Waals surface area contributed by atoms with E-state index in [1.165, 1.54) is 60.7 Å². The number of hydrogen-bond acceptors (Lipinski definition) is 17. The first-order chi connectivity index (χ1) is 23.9. The van der Waals surface area contributed by atoms with E-state index < -0.39 is 72.4 Å². The zero-order valence-electron chi connectivity index (χ0n) is 28.2. The summed E-state index contributed by atoms with van der Waals surface area (Å²) >= 11 is 0. The summed E-state index contributed by atoms with van der Waals surface area (Å²) in [7, 11) is 6.81. The molecule has 0 saturated carbocycles. The highest BCUT2D eigenvalue weighted by molar-refractivity contribution is 5.92. The van der Waals surface area contributed by atoms with E-state index in [1.807, 2.05) is 0 Å². The number of benzene rings is 2. The highest BCUT2D eigenvalue weighted by Gasteiger charge is 2.52. The summed E-state index contributed by atoms with van der Waals surface area (Å²) < 4.78 is 55.8. The number of ether oxygens (including phenoxy) is 9. The summed E-state index contributed by atoms with van der Waals surface area (Å²) in [5, 5.41) is 63.8. The van der Waals surface area contributed by atoms with Crippen molar-refractivity contribution in [1.29, 1.82) is 0 Å². The third-order valence-electron chi connectivity index (χ3n) is 8.95. The van der Waals surface area contributed by atoms with Crippen molar-refractivity contribution in [3.05, 3.63) is 34.7 Å². The van der Waals surface area contributed by atoms with Gasteiger partial charge in [0.2, 0.25) is 17.5 Å². The smallest absolute Gasteiger partial charge is 0.229 e. The molecule has 2 aliphatic rings. The zero-order chi connectivity index (χ0) is 36.5. The first kappa shape index (κ1) is 37.3. The second-order valence-corrected chi connectivity index (χ2v) is 11.9. The Morgan fingerprint density at radius 1 is 0.920 bits per heavy atom. The molecule has 5 rings (SSSR count). The van der Waals surface area contributed by atoms with Crippen molar-refractivity contribution in [2.24, 2.45) is 5.92 Å². The molecule has 9 unspecified atom stereocenters. The van der Waals surface area contributed by atoms with Gasteiger partial charge in [-0.05, 0) is 13.0 Å². The first-order valence-corrected chi connectivity index (χ1v) is 15.5. The lowest BCUT2D eigenvalue weighted by molar-refractivity contribution is -0.287. The SMILES string of the molecule is COc1cc(OC)c(-c2coc3cc(OC4OC(COC5OCC(O)(CO)C5OC)C(C(C)O)C(O)C4O)c(OC)c(O)c3c2=O)cc1OC. The quantitative estimate of drug-likeness (QED) is 0.138. The van der Waals surface area contributed by atoms with Crippen LogP contribution in [0.3, 0.4) is 0 Å². The molecule has 0 spiro atoms. The van der Waals surface area contributed by atoms with Gasteiger partial charge >= 0.3 is 0 Å². The molecule has 2 fully saturated rings. The minimum atomic E-state index is -1.73. The van der Waals surface area contributed by atoms with Crippen LogP contribution >= 0.6 is 0 Å². The van der Waals surface area contributed by atoms with E-state index in [1.54, 1.807) is 0 Å². The van der Waals surface area contributed by atoms with Gasteiger partial charge in [0.1, 0.15) is 40.8 Å². The fraction of sp³-hybridized carbons (Fsp3) is 0.545. The van der Waals surface area contributed by atoms with E-state index in [0.29, 0.717) is 11.5 Å². The van der Waals surface area contributed by atoms with Crippen LogP contribution in [0.2, 0.25) is 0 Å². The van der Waals surface area contributed by atoms with Gasteiger partial charge in [0.15, 0.2) is 29.3 Å². The third-order valence-corrected chi connectivity index (χ3v) is 8.95. The molecule has 2 saturated heterocycles. The van der Waals surface area contributed by atoms with Gasteiger partial charge in [-0.3, -0.25) is 4.79 Å². The molecule has 17 heteroatoms. The molecule has 0 radical (unpaired) electrons. The highest BCUT2D eigenvalue weighted by Crippen LogP contribution is 2.45. The second kappa shape index (κ2) is 15.1. The minimum absolute atomic E-state index is 0.0156. The predicted octanol–water partition coefficient (Wildman–Crippen LogP) is 0.134. The Bertz CT molecular complexity index is 1710. The summed E-state index contributed by atoms with van der Waals surface area (Å²) in [6, 6.07) is 4.30. The standard InChI is InChI=1S/C33H42O17/c1-14(35)23-22(11-47-32-30(45-6)33(40,12-34)13-48-32)50-31(28(39)26(23)37)49-21-9-20-24(27(38)29(21)44-5)25(36)16(10-46-20)15-7-18(42-3)19(43-4)8-17(15)41-2/h7-10,14,22-23,26,28,30-32,34-35,37-40H,11-13H2,1-6H3. The van der Waals surface area contributed by atoms with Gasteiger partial charge in [-0.2, -0.15) is 0 Å². The molecule has 2 aromatic carbocycles. The van der Waals surface area contributed by atoms with E-state index in [-0.39, 0.29) is 52.6 Å². The molecule has 2 aliphatic heterocycles. The highest BCUT2D eigenvalue weighted by atomic mass is 16.7. The molecule has 9 atom stereocenters. The number of aliphatic hydroxyl groups excluding tert-OH is 4. The van der Waals surface area contributed by atoms with E-state index in [9.17, 15) is 35.4 Å². The lowest BCUT2D eigenvalue weighted by atomic mass is 9.85. The average molecular weight is 711 g/mol. The number of rotatable bonds is 13. The third kappa shape index (κ3) is 6.63. The Balaban J connectivity index is 1.47. The lowest BCUT2D eigenvalue weighted by Gasteiger charge is -2.44. The predicted molar refractivity (Wildman–Crippen MR) is 171 cm³/mol. The topological polar surface area (TPSA) is 235 Å². The minimum Gasteiger partial charge on any atom is -0.504 e. The maximum absolute atomic E-state index is 13.8. The summed E-state index contributed by atoms with van der Waals surface area (Å²) in [6.07, 6.45) is -8.34. The van der Waals surface area contributed by atoms with Crippen molar-refractivity contribution in [2.45, 2.75) is 55.6 Å². The maximum Gasteiger partial charge on any atom is 0.229 e. The summed E-state index contributed by atoms with van der Waals surface area (Å²) in [5.74, 6) is -1.35. The van der Waals surface area contributed by atoms with E-state index >= 15 is 0 Å². The van der Waals surface area contributed by atoms with Gasteiger partial charge in [0.05, 0.1) is 72.1 Å². The lowest BCUT2D eigenvalue weighted by Crippen LogP contribution is -2.60. The number of aliphatic hydroxyl groups is 5. The van der Waals surface area contributed by atoms with Crippen LogP contribution in [-0.4, -0.2) is 135 Å². The average Bonchev–Trinajstić information content (AvgIpc) is 3.43. The molecule has 0 aliphatic carbocycles. The molecule has 6 N–H and O–H groups in total. The van der Waals surface area contributed by atoms with Gasteiger partial charge in [-0.1, -0.05) is 0 Å². The largest absolute Gasteiger partial charge is 0.504 e.